The van der Waals surface area contributed by atoms with Gasteiger partial charge in [0.2, 0.25) is 5.71 Å². The summed E-state index contributed by atoms with van der Waals surface area (Å²) in [5, 5.41) is 0.265. The molecule has 0 radical (unpaired) electrons. The maximum atomic E-state index is 13.1. The molecule has 4 rings (SSSR count). The first-order chi connectivity index (χ1) is 11.6. The minimum Gasteiger partial charge on any atom is -0.442 e. The van der Waals surface area contributed by atoms with Gasteiger partial charge in [-0.3, -0.25) is 9.59 Å². The van der Waals surface area contributed by atoms with E-state index >= 15 is 0 Å². The van der Waals surface area contributed by atoms with Crippen LogP contribution >= 0.6 is 0 Å². The molecule has 1 aliphatic heterocycles. The first-order valence-corrected chi connectivity index (χ1v) is 7.87. The maximum absolute atomic E-state index is 13.1. The van der Waals surface area contributed by atoms with E-state index in [0.29, 0.717) is 24.4 Å². The van der Waals surface area contributed by atoms with Gasteiger partial charge in [-0.15, -0.1) is 0 Å². The van der Waals surface area contributed by atoms with Gasteiger partial charge in [0.05, 0.1) is 5.56 Å². The van der Waals surface area contributed by atoms with Gasteiger partial charge in [0, 0.05) is 20.1 Å². The Balaban J connectivity index is 1.79. The summed E-state index contributed by atoms with van der Waals surface area (Å²) >= 11 is 0. The molecule has 0 bridgehead atoms. The zero-order valence-corrected chi connectivity index (χ0v) is 13.6. The molecule has 1 aliphatic rings. The zero-order chi connectivity index (χ0) is 16.8. The van der Waals surface area contributed by atoms with E-state index in [1.54, 1.807) is 18.9 Å². The Bertz CT molecular complexity index is 1020. The van der Waals surface area contributed by atoms with Gasteiger partial charge in [-0.05, 0) is 24.5 Å². The number of carbonyl (C=O) groups excluding carboxylic acids is 1. The second-order valence-corrected chi connectivity index (χ2v) is 6.12. The molecule has 2 aromatic heterocycles. The van der Waals surface area contributed by atoms with Crippen molar-refractivity contribution < 1.29 is 9.21 Å². The standard InChI is InChI=1S/C18H17N3O3/c1-11-14(15-16(24-11)19-10-20(2)17(15)22)18(23)21-8-7-12-5-3-4-6-13(12)9-21/h3-6,10H,7-9H2,1-2H3. The number of carbonyl (C=O) groups is 1. The lowest BCUT2D eigenvalue weighted by molar-refractivity contribution is 0.0734. The molecule has 24 heavy (non-hydrogen) atoms. The highest BCUT2D eigenvalue weighted by molar-refractivity contribution is 6.06. The molecule has 3 heterocycles. The van der Waals surface area contributed by atoms with E-state index < -0.39 is 0 Å². The Hall–Kier alpha value is -2.89. The van der Waals surface area contributed by atoms with Gasteiger partial charge < -0.3 is 13.9 Å². The monoisotopic (exact) mass is 323 g/mol. The highest BCUT2D eigenvalue weighted by Gasteiger charge is 2.28. The fourth-order valence-electron chi connectivity index (χ4n) is 3.27. The fourth-order valence-corrected chi connectivity index (χ4v) is 3.27. The Morgan fingerprint density at radius 2 is 2.00 bits per heavy atom. The quantitative estimate of drug-likeness (QED) is 0.687. The van der Waals surface area contributed by atoms with Crippen molar-refractivity contribution in [2.75, 3.05) is 6.54 Å². The van der Waals surface area contributed by atoms with E-state index in [0.717, 1.165) is 12.0 Å². The first-order valence-electron chi connectivity index (χ1n) is 7.87. The number of aromatic nitrogens is 2. The van der Waals surface area contributed by atoms with Crippen LogP contribution in [0.1, 0.15) is 27.2 Å². The zero-order valence-electron chi connectivity index (χ0n) is 13.6. The largest absolute Gasteiger partial charge is 0.442 e. The van der Waals surface area contributed by atoms with Gasteiger partial charge in [0.1, 0.15) is 17.5 Å². The van der Waals surface area contributed by atoms with Gasteiger partial charge in [0.25, 0.3) is 11.5 Å². The molecule has 0 saturated heterocycles. The van der Waals surface area contributed by atoms with Crippen LogP contribution in [0.3, 0.4) is 0 Å². The van der Waals surface area contributed by atoms with Crippen LogP contribution in [0.5, 0.6) is 0 Å². The second-order valence-electron chi connectivity index (χ2n) is 6.12. The van der Waals surface area contributed by atoms with Crippen molar-refractivity contribution in [3.63, 3.8) is 0 Å². The summed E-state index contributed by atoms with van der Waals surface area (Å²) in [4.78, 5) is 31.4. The number of fused-ring (bicyclic) bond motifs is 2. The lowest BCUT2D eigenvalue weighted by atomic mass is 9.99. The number of furan rings is 1. The van der Waals surface area contributed by atoms with Crippen LogP contribution in [0, 0.1) is 6.92 Å². The average Bonchev–Trinajstić information content (AvgIpc) is 2.94. The van der Waals surface area contributed by atoms with Crippen LogP contribution in [-0.4, -0.2) is 26.9 Å². The van der Waals surface area contributed by atoms with Crippen molar-refractivity contribution >= 4 is 17.0 Å². The molecule has 0 saturated carbocycles. The number of amides is 1. The van der Waals surface area contributed by atoms with Crippen LogP contribution in [0.2, 0.25) is 0 Å². The third kappa shape index (κ3) is 2.14. The number of hydrogen-bond acceptors (Lipinski definition) is 4. The Morgan fingerprint density at radius 3 is 2.79 bits per heavy atom. The number of benzene rings is 1. The van der Waals surface area contributed by atoms with E-state index in [1.165, 1.54) is 16.5 Å². The van der Waals surface area contributed by atoms with Crippen LogP contribution < -0.4 is 5.56 Å². The van der Waals surface area contributed by atoms with Crippen LogP contribution in [0.4, 0.5) is 0 Å². The first kappa shape index (κ1) is 14.7. The molecule has 122 valence electrons. The second kappa shape index (κ2) is 5.33. The van der Waals surface area contributed by atoms with E-state index in [2.05, 4.69) is 11.1 Å². The molecular formula is C18H17N3O3. The third-order valence-corrected chi connectivity index (χ3v) is 4.58. The smallest absolute Gasteiger partial charge is 0.265 e. The van der Waals surface area contributed by atoms with Gasteiger partial charge in [-0.1, -0.05) is 24.3 Å². The van der Waals surface area contributed by atoms with E-state index in [4.69, 9.17) is 4.42 Å². The highest BCUT2D eigenvalue weighted by Crippen LogP contribution is 2.25. The molecule has 3 aromatic rings. The SMILES string of the molecule is Cc1oc2ncn(C)c(=O)c2c1C(=O)N1CCc2ccccc2C1. The summed E-state index contributed by atoms with van der Waals surface area (Å²) < 4.78 is 6.91. The van der Waals surface area contributed by atoms with Crippen LogP contribution in [0.15, 0.2) is 39.8 Å². The lowest BCUT2D eigenvalue weighted by Gasteiger charge is -2.28. The fraction of sp³-hybridized carbons (Fsp3) is 0.278. The highest BCUT2D eigenvalue weighted by atomic mass is 16.3. The minimum atomic E-state index is -0.266. The molecule has 0 N–H and O–H groups in total. The summed E-state index contributed by atoms with van der Waals surface area (Å²) in [6.45, 7) is 2.87. The Kier molecular flexibility index (Phi) is 3.26. The minimum absolute atomic E-state index is 0.175. The van der Waals surface area contributed by atoms with Gasteiger partial charge in [0.15, 0.2) is 0 Å². The molecule has 0 unspecified atom stereocenters. The predicted octanol–water partition coefficient (Wildman–Crippen LogP) is 2.03. The molecule has 6 heteroatoms. The number of aryl methyl sites for hydroxylation is 2. The van der Waals surface area contributed by atoms with Crippen molar-refractivity contribution in [3.8, 4) is 0 Å². The lowest BCUT2D eigenvalue weighted by Crippen LogP contribution is -2.36. The average molecular weight is 323 g/mol. The molecule has 0 spiro atoms. The molecule has 0 aliphatic carbocycles. The summed E-state index contributed by atoms with van der Waals surface area (Å²) in [6.07, 6.45) is 2.21. The van der Waals surface area contributed by atoms with E-state index in [-0.39, 0.29) is 22.6 Å². The van der Waals surface area contributed by atoms with E-state index in [1.807, 2.05) is 18.2 Å². The van der Waals surface area contributed by atoms with Crippen LogP contribution in [-0.2, 0) is 20.0 Å². The van der Waals surface area contributed by atoms with Crippen molar-refractivity contribution in [3.05, 3.63) is 63.4 Å². The summed E-state index contributed by atoms with van der Waals surface area (Å²) in [7, 11) is 1.61. The molecule has 6 nitrogen and oxygen atoms in total. The van der Waals surface area contributed by atoms with Gasteiger partial charge in [-0.2, -0.15) is 0 Å². The molecule has 0 atom stereocenters. The maximum Gasteiger partial charge on any atom is 0.265 e. The normalized spacial score (nSPS) is 14.0. The Labute approximate surface area is 138 Å². The van der Waals surface area contributed by atoms with E-state index in [9.17, 15) is 9.59 Å². The van der Waals surface area contributed by atoms with Crippen molar-refractivity contribution in [1.82, 2.24) is 14.5 Å². The predicted molar refractivity (Wildman–Crippen MR) is 88.9 cm³/mol. The Morgan fingerprint density at radius 1 is 1.25 bits per heavy atom. The molecule has 1 aromatic carbocycles. The third-order valence-electron chi connectivity index (χ3n) is 4.58. The molecular weight excluding hydrogens is 306 g/mol. The topological polar surface area (TPSA) is 68.3 Å². The van der Waals surface area contributed by atoms with Crippen molar-refractivity contribution in [2.24, 2.45) is 7.05 Å². The van der Waals surface area contributed by atoms with Gasteiger partial charge >= 0.3 is 0 Å². The number of hydrogen-bond donors (Lipinski definition) is 0. The number of nitrogens with zero attached hydrogens (tertiary/aromatic N) is 3. The van der Waals surface area contributed by atoms with Crippen molar-refractivity contribution in [1.29, 1.82) is 0 Å². The molecule has 1 amide bonds. The molecule has 0 fully saturated rings. The summed E-state index contributed by atoms with van der Waals surface area (Å²) in [6, 6.07) is 8.12. The number of rotatable bonds is 1. The summed E-state index contributed by atoms with van der Waals surface area (Å²) in [5.41, 5.74) is 2.70. The van der Waals surface area contributed by atoms with Crippen LogP contribution in [0.25, 0.3) is 11.1 Å². The summed E-state index contributed by atoms with van der Waals surface area (Å²) in [5.74, 6) is 0.260. The van der Waals surface area contributed by atoms with Gasteiger partial charge in [-0.25, -0.2) is 4.98 Å². The van der Waals surface area contributed by atoms with Crippen molar-refractivity contribution in [2.45, 2.75) is 19.9 Å².